The molecular formula is C16H23N3O. The van der Waals surface area contributed by atoms with Gasteiger partial charge in [-0.25, -0.2) is 4.98 Å². The van der Waals surface area contributed by atoms with Crippen LogP contribution >= 0.6 is 0 Å². The van der Waals surface area contributed by atoms with Crippen LogP contribution in [0.4, 0.5) is 0 Å². The molecule has 4 nitrogen and oxygen atoms in total. The number of rotatable bonds is 5. The highest BCUT2D eigenvalue weighted by Crippen LogP contribution is 2.24. The van der Waals surface area contributed by atoms with Crippen molar-refractivity contribution in [2.24, 2.45) is 0 Å². The summed E-state index contributed by atoms with van der Waals surface area (Å²) < 4.78 is 2.20. The Kier molecular flexibility index (Phi) is 4.42. The van der Waals surface area contributed by atoms with E-state index in [9.17, 15) is 4.79 Å². The van der Waals surface area contributed by atoms with Gasteiger partial charge in [0.1, 0.15) is 5.82 Å². The Morgan fingerprint density at radius 3 is 2.65 bits per heavy atom. The van der Waals surface area contributed by atoms with E-state index in [-0.39, 0.29) is 11.9 Å². The number of nitrogens with zero attached hydrogens (tertiary/aromatic N) is 2. The van der Waals surface area contributed by atoms with Gasteiger partial charge >= 0.3 is 0 Å². The number of hydrogen-bond acceptors (Lipinski definition) is 2. The molecule has 0 fully saturated rings. The van der Waals surface area contributed by atoms with Gasteiger partial charge in [0, 0.05) is 12.5 Å². The zero-order valence-electron chi connectivity index (χ0n) is 12.7. The second-order valence-corrected chi connectivity index (χ2v) is 5.46. The number of imidazole rings is 1. The lowest BCUT2D eigenvalue weighted by Gasteiger charge is -2.18. The highest BCUT2D eigenvalue weighted by molar-refractivity contribution is 5.78. The molecule has 2 aromatic rings. The first-order valence-corrected chi connectivity index (χ1v) is 7.30. The highest BCUT2D eigenvalue weighted by atomic mass is 16.1. The van der Waals surface area contributed by atoms with Crippen LogP contribution in [0.3, 0.4) is 0 Å². The minimum absolute atomic E-state index is 0.0798. The number of hydrogen-bond donors (Lipinski definition) is 1. The molecule has 108 valence electrons. The maximum Gasteiger partial charge on any atom is 0.220 e. The number of aromatic nitrogens is 2. The molecule has 1 amide bonds. The second-order valence-electron chi connectivity index (χ2n) is 5.46. The second kappa shape index (κ2) is 6.07. The summed E-state index contributed by atoms with van der Waals surface area (Å²) in [5.74, 6) is 1.01. The van der Waals surface area contributed by atoms with Gasteiger partial charge in [-0.15, -0.1) is 0 Å². The van der Waals surface area contributed by atoms with Gasteiger partial charge < -0.3 is 9.88 Å². The Bertz CT molecular complexity index is 601. The maximum absolute atomic E-state index is 11.8. The molecule has 0 unspecified atom stereocenters. The topological polar surface area (TPSA) is 46.9 Å². The molecule has 0 radical (unpaired) electrons. The molecule has 0 aliphatic heterocycles. The van der Waals surface area contributed by atoms with E-state index in [1.165, 1.54) is 0 Å². The van der Waals surface area contributed by atoms with Crippen molar-refractivity contribution in [3.8, 4) is 0 Å². The Hall–Kier alpha value is -1.84. The average Bonchev–Trinajstić information content (AvgIpc) is 2.78. The number of carbonyl (C=O) groups is 1. The Balaban J connectivity index is 2.37. The van der Waals surface area contributed by atoms with Crippen LogP contribution in [-0.2, 0) is 4.79 Å². The molecule has 20 heavy (non-hydrogen) atoms. The predicted molar refractivity (Wildman–Crippen MR) is 81.6 cm³/mol. The van der Waals surface area contributed by atoms with Crippen molar-refractivity contribution in [2.45, 2.75) is 52.6 Å². The molecular weight excluding hydrogens is 250 g/mol. The van der Waals surface area contributed by atoms with E-state index >= 15 is 0 Å². The van der Waals surface area contributed by atoms with Crippen LogP contribution in [0.25, 0.3) is 11.0 Å². The third-order valence-corrected chi connectivity index (χ3v) is 3.38. The van der Waals surface area contributed by atoms with Gasteiger partial charge in [-0.3, -0.25) is 4.79 Å². The van der Waals surface area contributed by atoms with Crippen LogP contribution in [0.1, 0.15) is 58.4 Å². The Labute approximate surface area is 120 Å². The number of fused-ring (bicyclic) bond motifs is 1. The summed E-state index contributed by atoms with van der Waals surface area (Å²) in [5.41, 5.74) is 2.10. The molecule has 0 saturated carbocycles. The predicted octanol–water partition coefficient (Wildman–Crippen LogP) is 3.59. The van der Waals surface area contributed by atoms with Crippen LogP contribution in [0.2, 0.25) is 0 Å². The Morgan fingerprint density at radius 2 is 2.00 bits per heavy atom. The minimum atomic E-state index is -0.0798. The van der Waals surface area contributed by atoms with Crippen LogP contribution in [0.15, 0.2) is 24.3 Å². The molecule has 1 atom stereocenters. The lowest BCUT2D eigenvalue weighted by molar-refractivity contribution is -0.121. The first-order chi connectivity index (χ1) is 9.54. The fraction of sp³-hybridized carbons (Fsp3) is 0.500. The summed E-state index contributed by atoms with van der Waals surface area (Å²) in [6, 6.07) is 8.33. The SMILES string of the molecule is CCCC(=O)N[C@@H](C)c1nc2ccccc2n1C(C)C. The summed E-state index contributed by atoms with van der Waals surface area (Å²) in [6.07, 6.45) is 1.42. The van der Waals surface area contributed by atoms with Crippen molar-refractivity contribution in [1.82, 2.24) is 14.9 Å². The first-order valence-electron chi connectivity index (χ1n) is 7.30. The summed E-state index contributed by atoms with van der Waals surface area (Å²) in [7, 11) is 0. The van der Waals surface area contributed by atoms with E-state index in [1.54, 1.807) is 0 Å². The Morgan fingerprint density at radius 1 is 1.30 bits per heavy atom. The third kappa shape index (κ3) is 2.84. The molecule has 0 aliphatic carbocycles. The molecule has 1 N–H and O–H groups in total. The smallest absolute Gasteiger partial charge is 0.220 e. The first kappa shape index (κ1) is 14.6. The molecule has 0 spiro atoms. The van der Waals surface area contributed by atoms with Gasteiger partial charge in [-0.2, -0.15) is 0 Å². The molecule has 0 bridgehead atoms. The average molecular weight is 273 g/mol. The van der Waals surface area contributed by atoms with E-state index < -0.39 is 0 Å². The van der Waals surface area contributed by atoms with Crippen molar-refractivity contribution in [3.63, 3.8) is 0 Å². The van der Waals surface area contributed by atoms with Gasteiger partial charge in [-0.05, 0) is 39.3 Å². The van der Waals surface area contributed by atoms with E-state index in [0.29, 0.717) is 12.5 Å². The summed E-state index contributed by atoms with van der Waals surface area (Å²) in [5, 5.41) is 3.03. The van der Waals surface area contributed by atoms with Crippen LogP contribution < -0.4 is 5.32 Å². The van der Waals surface area contributed by atoms with E-state index in [2.05, 4.69) is 29.8 Å². The van der Waals surface area contributed by atoms with Crippen molar-refractivity contribution in [2.75, 3.05) is 0 Å². The van der Waals surface area contributed by atoms with Crippen molar-refractivity contribution >= 4 is 16.9 Å². The fourth-order valence-electron chi connectivity index (χ4n) is 2.52. The summed E-state index contributed by atoms with van der Waals surface area (Å²) in [4.78, 5) is 16.5. The highest BCUT2D eigenvalue weighted by Gasteiger charge is 2.19. The van der Waals surface area contributed by atoms with Crippen molar-refractivity contribution in [3.05, 3.63) is 30.1 Å². The van der Waals surface area contributed by atoms with Gasteiger partial charge in [0.2, 0.25) is 5.91 Å². The number of nitrogens with one attached hydrogen (secondary N) is 1. The monoisotopic (exact) mass is 273 g/mol. The van der Waals surface area contributed by atoms with E-state index in [4.69, 9.17) is 4.98 Å². The van der Waals surface area contributed by atoms with E-state index in [0.717, 1.165) is 23.3 Å². The van der Waals surface area contributed by atoms with Crippen molar-refractivity contribution < 1.29 is 4.79 Å². The molecule has 2 rings (SSSR count). The zero-order chi connectivity index (χ0) is 14.7. The summed E-state index contributed by atoms with van der Waals surface area (Å²) in [6.45, 7) is 8.28. The summed E-state index contributed by atoms with van der Waals surface area (Å²) >= 11 is 0. The van der Waals surface area contributed by atoms with Gasteiger partial charge in [0.05, 0.1) is 17.1 Å². The lowest BCUT2D eigenvalue weighted by Crippen LogP contribution is -2.28. The number of amides is 1. The van der Waals surface area contributed by atoms with Crippen LogP contribution in [-0.4, -0.2) is 15.5 Å². The maximum atomic E-state index is 11.8. The molecule has 1 aromatic heterocycles. The van der Waals surface area contributed by atoms with Gasteiger partial charge in [0.25, 0.3) is 0 Å². The zero-order valence-corrected chi connectivity index (χ0v) is 12.7. The third-order valence-electron chi connectivity index (χ3n) is 3.38. The number of para-hydroxylation sites is 2. The number of benzene rings is 1. The largest absolute Gasteiger partial charge is 0.346 e. The van der Waals surface area contributed by atoms with Crippen LogP contribution in [0.5, 0.6) is 0 Å². The molecule has 4 heteroatoms. The van der Waals surface area contributed by atoms with Crippen LogP contribution in [0, 0.1) is 0 Å². The molecule has 1 aromatic carbocycles. The van der Waals surface area contributed by atoms with Gasteiger partial charge in [-0.1, -0.05) is 19.1 Å². The number of carbonyl (C=O) groups excluding carboxylic acids is 1. The molecule has 1 heterocycles. The lowest BCUT2D eigenvalue weighted by atomic mass is 10.2. The molecule has 0 saturated heterocycles. The normalized spacial score (nSPS) is 12.8. The standard InChI is InChI=1S/C16H23N3O/c1-5-8-15(20)17-12(4)16-18-13-9-6-7-10-14(13)19(16)11(2)3/h6-7,9-12H,5,8H2,1-4H3,(H,17,20)/t12-/m0/s1. The van der Waals surface area contributed by atoms with Crippen molar-refractivity contribution in [1.29, 1.82) is 0 Å². The quantitative estimate of drug-likeness (QED) is 0.904. The van der Waals surface area contributed by atoms with Gasteiger partial charge in [0.15, 0.2) is 0 Å². The van der Waals surface area contributed by atoms with E-state index in [1.807, 2.05) is 32.0 Å². The minimum Gasteiger partial charge on any atom is -0.346 e. The fourth-order valence-corrected chi connectivity index (χ4v) is 2.52. The molecule has 0 aliphatic rings.